The van der Waals surface area contributed by atoms with Gasteiger partial charge in [0.05, 0.1) is 0 Å². The highest BCUT2D eigenvalue weighted by Crippen LogP contribution is 2.26. The number of rotatable bonds is 22. The van der Waals surface area contributed by atoms with Gasteiger partial charge >= 0.3 is 29.8 Å². The number of nitrogens with zero attached hydrogens (tertiary/aromatic N) is 1. The Kier molecular flexibility index (Phi) is 15.9. The molecule has 40 heavy (non-hydrogen) atoms. The number of carbonyl (C=O) groups excluding carboxylic acids is 3. The van der Waals surface area contributed by atoms with Crippen molar-refractivity contribution in [1.29, 1.82) is 0 Å². The summed E-state index contributed by atoms with van der Waals surface area (Å²) < 4.78 is 5.57. The quantitative estimate of drug-likeness (QED) is 0.0692. The van der Waals surface area contributed by atoms with E-state index < -0.39 is 78.5 Å². The van der Waals surface area contributed by atoms with Gasteiger partial charge in [0.25, 0.3) is 0 Å². The van der Waals surface area contributed by atoms with Gasteiger partial charge in [-0.2, -0.15) is 0 Å². The van der Waals surface area contributed by atoms with Crippen LogP contribution in [-0.2, 0) is 38.3 Å². The summed E-state index contributed by atoms with van der Waals surface area (Å²) >= 11 is 0. The largest absolute Gasteiger partial charge is 0.480 e. The van der Waals surface area contributed by atoms with Crippen molar-refractivity contribution in [2.75, 3.05) is 20.1 Å². The first kappa shape index (κ1) is 36.6. The van der Waals surface area contributed by atoms with Gasteiger partial charge < -0.3 is 30.5 Å². The minimum atomic E-state index is -2.31. The molecule has 14 nitrogen and oxygen atoms in total. The molecule has 0 aliphatic carbocycles. The minimum Gasteiger partial charge on any atom is -0.480 e. The zero-order valence-electron chi connectivity index (χ0n) is 23.7. The number of ketones is 2. The molecule has 5 N–H and O–H groups in total. The highest BCUT2D eigenvalue weighted by atomic mass is 16.6. The molecule has 3 atom stereocenters. The van der Waals surface area contributed by atoms with Crippen LogP contribution in [0.4, 0.5) is 0 Å². The molecular weight excluding hydrogens is 532 g/mol. The summed E-state index contributed by atoms with van der Waals surface area (Å²) in [6, 6.07) is -2.16. The Labute approximate surface area is 233 Å². The number of Topliss-reactive ketones (excluding diaryl/α,β-unsaturated/α-hetero) is 2. The summed E-state index contributed by atoms with van der Waals surface area (Å²) in [5.74, 6) is -9.34. The third-order valence-corrected chi connectivity index (χ3v) is 6.13. The number of hydrogen-bond acceptors (Lipinski definition) is 10. The van der Waals surface area contributed by atoms with Gasteiger partial charge in [-0.3, -0.25) is 24.1 Å². The molecule has 0 saturated carbocycles. The fourth-order valence-electron chi connectivity index (χ4n) is 4.08. The molecule has 0 aromatic heterocycles. The lowest BCUT2D eigenvalue weighted by molar-refractivity contribution is -0.185. The van der Waals surface area contributed by atoms with Crippen LogP contribution in [0.3, 0.4) is 0 Å². The lowest BCUT2D eigenvalue weighted by Crippen LogP contribution is -2.56. The Morgan fingerprint density at radius 1 is 0.800 bits per heavy atom. The van der Waals surface area contributed by atoms with Gasteiger partial charge in [0.1, 0.15) is 12.1 Å². The number of nitrogens with one attached hydrogen (secondary N) is 1. The Balaban J connectivity index is 6.08. The number of likely N-dealkylation sites (N-methyl/N-ethyl adjacent to an activating group) is 1. The number of carboxylic acids is 4. The second-order valence-electron chi connectivity index (χ2n) is 10.7. The second-order valence-corrected chi connectivity index (χ2v) is 10.7. The molecule has 0 aliphatic heterocycles. The maximum absolute atomic E-state index is 13.3. The van der Waals surface area contributed by atoms with E-state index in [2.05, 4.69) is 5.32 Å². The van der Waals surface area contributed by atoms with Crippen molar-refractivity contribution in [3.05, 3.63) is 0 Å². The first-order valence-electron chi connectivity index (χ1n) is 13.1. The van der Waals surface area contributed by atoms with Gasteiger partial charge in [0, 0.05) is 19.4 Å². The van der Waals surface area contributed by atoms with E-state index in [-0.39, 0.29) is 50.5 Å². The van der Waals surface area contributed by atoms with Crippen LogP contribution >= 0.6 is 0 Å². The molecule has 0 heterocycles. The summed E-state index contributed by atoms with van der Waals surface area (Å²) in [5, 5.41) is 40.4. The van der Waals surface area contributed by atoms with Crippen molar-refractivity contribution in [1.82, 2.24) is 10.2 Å². The predicted molar refractivity (Wildman–Crippen MR) is 140 cm³/mol. The van der Waals surface area contributed by atoms with E-state index in [1.54, 1.807) is 27.7 Å². The number of carboxylic acid groups (broad SMARTS) is 4. The molecule has 0 spiro atoms. The van der Waals surface area contributed by atoms with Gasteiger partial charge in [0.2, 0.25) is 17.2 Å². The Morgan fingerprint density at radius 2 is 1.30 bits per heavy atom. The van der Waals surface area contributed by atoms with Crippen molar-refractivity contribution < 1.29 is 58.7 Å². The standard InChI is InChI=1S/C26H42N2O12/c1-15(2)12-17(27-11-7-9-20(30)23(35)36)24(37)40-26(25(38)39,10-6-8-19(29)22(33)34)14-28(5)18(21(31)32)13-16(3)4/h15-18,27H,6-14H2,1-5H3,(H,31,32)(H,33,34)(H,35,36)(H,38,39)/t17-,18-,26?/m0/s1. The van der Waals surface area contributed by atoms with Crippen LogP contribution in [0.1, 0.15) is 72.6 Å². The highest BCUT2D eigenvalue weighted by molar-refractivity contribution is 6.32. The highest BCUT2D eigenvalue weighted by Gasteiger charge is 2.46. The average molecular weight is 575 g/mol. The van der Waals surface area contributed by atoms with Crippen molar-refractivity contribution in [3.8, 4) is 0 Å². The molecule has 0 aromatic carbocycles. The van der Waals surface area contributed by atoms with Gasteiger partial charge in [0.15, 0.2) is 0 Å². The van der Waals surface area contributed by atoms with E-state index in [0.717, 1.165) is 0 Å². The smallest absolute Gasteiger partial charge is 0.372 e. The monoisotopic (exact) mass is 574 g/mol. The predicted octanol–water partition coefficient (Wildman–Crippen LogP) is 1.05. The molecule has 0 amide bonds. The van der Waals surface area contributed by atoms with E-state index in [4.69, 9.17) is 14.9 Å². The molecule has 14 heteroatoms. The maximum Gasteiger partial charge on any atom is 0.372 e. The summed E-state index contributed by atoms with van der Waals surface area (Å²) in [4.78, 5) is 83.6. The van der Waals surface area contributed by atoms with E-state index in [0.29, 0.717) is 0 Å². The third-order valence-electron chi connectivity index (χ3n) is 6.13. The van der Waals surface area contributed by atoms with Crippen LogP contribution in [0.25, 0.3) is 0 Å². The van der Waals surface area contributed by atoms with Crippen LogP contribution in [0.5, 0.6) is 0 Å². The van der Waals surface area contributed by atoms with Crippen molar-refractivity contribution in [2.24, 2.45) is 11.8 Å². The molecule has 0 saturated heterocycles. The zero-order valence-corrected chi connectivity index (χ0v) is 23.7. The normalized spacial score (nSPS) is 14.4. The maximum atomic E-state index is 13.3. The SMILES string of the molecule is CC(C)C[C@H](NCCCC(=O)C(=O)O)C(=O)OC(CCCC(=O)C(=O)O)(CN(C)[C@@H](CC(C)C)C(=O)O)C(=O)O. The van der Waals surface area contributed by atoms with E-state index >= 15 is 0 Å². The van der Waals surface area contributed by atoms with Crippen molar-refractivity contribution >= 4 is 41.4 Å². The van der Waals surface area contributed by atoms with Gasteiger partial charge in [-0.25, -0.2) is 14.4 Å². The van der Waals surface area contributed by atoms with Crippen LogP contribution < -0.4 is 5.32 Å². The molecule has 228 valence electrons. The van der Waals surface area contributed by atoms with E-state index in [1.165, 1.54) is 11.9 Å². The number of esters is 1. The summed E-state index contributed by atoms with van der Waals surface area (Å²) in [7, 11) is 1.37. The number of carbonyl (C=O) groups is 7. The van der Waals surface area contributed by atoms with E-state index in [1.807, 2.05) is 0 Å². The van der Waals surface area contributed by atoms with Crippen molar-refractivity contribution in [2.45, 2.75) is 90.3 Å². The third kappa shape index (κ3) is 13.1. The fraction of sp³-hybridized carbons (Fsp3) is 0.731. The number of hydrogen-bond donors (Lipinski definition) is 5. The number of aliphatic carboxylic acids is 4. The fourth-order valence-corrected chi connectivity index (χ4v) is 4.08. The van der Waals surface area contributed by atoms with Gasteiger partial charge in [-0.1, -0.05) is 27.7 Å². The zero-order chi connectivity index (χ0) is 31.2. The first-order chi connectivity index (χ1) is 18.4. The topological polar surface area (TPSA) is 225 Å². The first-order valence-corrected chi connectivity index (χ1v) is 13.1. The van der Waals surface area contributed by atoms with Crippen LogP contribution in [0.15, 0.2) is 0 Å². The Hall–Kier alpha value is -3.39. The molecule has 0 rings (SSSR count). The minimum absolute atomic E-state index is 0.0497. The Morgan fingerprint density at radius 3 is 1.73 bits per heavy atom. The van der Waals surface area contributed by atoms with Crippen LogP contribution in [0.2, 0.25) is 0 Å². The molecule has 1 unspecified atom stereocenters. The molecule has 0 aromatic rings. The average Bonchev–Trinajstić information content (AvgIpc) is 2.82. The molecule has 0 radical (unpaired) electrons. The van der Waals surface area contributed by atoms with E-state index in [9.17, 15) is 43.8 Å². The van der Waals surface area contributed by atoms with Gasteiger partial charge in [-0.05, 0) is 57.5 Å². The second kappa shape index (κ2) is 17.3. The van der Waals surface area contributed by atoms with Crippen LogP contribution in [0, 0.1) is 11.8 Å². The van der Waals surface area contributed by atoms with Gasteiger partial charge in [-0.15, -0.1) is 0 Å². The Bertz CT molecular complexity index is 933. The summed E-state index contributed by atoms with van der Waals surface area (Å²) in [6.45, 7) is 6.68. The lowest BCUT2D eigenvalue weighted by Gasteiger charge is -2.37. The molecule has 0 aliphatic rings. The number of ether oxygens (including phenoxy) is 1. The molecular formula is C26H42N2O12. The van der Waals surface area contributed by atoms with Crippen molar-refractivity contribution in [3.63, 3.8) is 0 Å². The molecule has 0 bridgehead atoms. The van der Waals surface area contributed by atoms with Crippen LogP contribution in [-0.4, -0.2) is 105 Å². The summed E-state index contributed by atoms with van der Waals surface area (Å²) in [6.07, 6.45) is -1.08. The molecule has 0 fully saturated rings. The lowest BCUT2D eigenvalue weighted by atomic mass is 9.92. The summed E-state index contributed by atoms with van der Waals surface area (Å²) in [5.41, 5.74) is -2.31.